The maximum absolute atomic E-state index is 8.62. The first-order valence-electron chi connectivity index (χ1n) is 5.53. The fraction of sp³-hybridized carbons (Fsp3) is 0.0714. The van der Waals surface area contributed by atoms with Crippen LogP contribution in [-0.4, -0.2) is 11.4 Å². The second-order valence-electron chi connectivity index (χ2n) is 3.84. The van der Waals surface area contributed by atoms with Crippen LogP contribution < -0.4 is 4.74 Å². The SMILES string of the molecule is ON=Cc1cc(Cl)ccc1OCc1ccc(Br)cc1. The zero-order chi connectivity index (χ0) is 13.7. The minimum absolute atomic E-state index is 0.432. The zero-order valence-corrected chi connectivity index (χ0v) is 12.2. The van der Waals surface area contributed by atoms with Gasteiger partial charge in [0, 0.05) is 15.1 Å². The minimum Gasteiger partial charge on any atom is -0.488 e. The molecule has 2 rings (SSSR count). The first-order valence-corrected chi connectivity index (χ1v) is 6.70. The monoisotopic (exact) mass is 339 g/mol. The Hall–Kier alpha value is -1.52. The molecule has 0 fully saturated rings. The van der Waals surface area contributed by atoms with Crippen molar-refractivity contribution in [1.29, 1.82) is 0 Å². The predicted octanol–water partition coefficient (Wildman–Crippen LogP) is 4.49. The van der Waals surface area contributed by atoms with E-state index in [0.29, 0.717) is 22.9 Å². The summed E-state index contributed by atoms with van der Waals surface area (Å²) in [6.45, 7) is 0.432. The number of ether oxygens (including phenoxy) is 1. The van der Waals surface area contributed by atoms with E-state index >= 15 is 0 Å². The highest BCUT2D eigenvalue weighted by Gasteiger charge is 2.03. The van der Waals surface area contributed by atoms with E-state index in [1.54, 1.807) is 18.2 Å². The highest BCUT2D eigenvalue weighted by molar-refractivity contribution is 9.10. The molecule has 0 aliphatic rings. The van der Waals surface area contributed by atoms with E-state index in [1.165, 1.54) is 6.21 Å². The molecule has 2 aromatic rings. The predicted molar refractivity (Wildman–Crippen MR) is 79.3 cm³/mol. The van der Waals surface area contributed by atoms with Gasteiger partial charge in [-0.25, -0.2) is 0 Å². The van der Waals surface area contributed by atoms with Crippen molar-refractivity contribution in [3.05, 3.63) is 63.1 Å². The number of benzene rings is 2. The van der Waals surface area contributed by atoms with Crippen LogP contribution in [0.25, 0.3) is 0 Å². The lowest BCUT2D eigenvalue weighted by Gasteiger charge is -2.09. The number of hydrogen-bond donors (Lipinski definition) is 1. The van der Waals surface area contributed by atoms with E-state index in [9.17, 15) is 0 Å². The number of rotatable bonds is 4. The fourth-order valence-corrected chi connectivity index (χ4v) is 2.00. The highest BCUT2D eigenvalue weighted by Crippen LogP contribution is 2.22. The van der Waals surface area contributed by atoms with Crippen molar-refractivity contribution in [3.8, 4) is 5.75 Å². The van der Waals surface area contributed by atoms with Gasteiger partial charge in [0.25, 0.3) is 0 Å². The van der Waals surface area contributed by atoms with Gasteiger partial charge in [0.15, 0.2) is 0 Å². The molecule has 98 valence electrons. The molecule has 0 bridgehead atoms. The fourth-order valence-electron chi connectivity index (χ4n) is 1.56. The maximum Gasteiger partial charge on any atom is 0.128 e. The maximum atomic E-state index is 8.62. The third kappa shape index (κ3) is 3.98. The van der Waals surface area contributed by atoms with Crippen LogP contribution in [0.1, 0.15) is 11.1 Å². The number of hydrogen-bond acceptors (Lipinski definition) is 3. The van der Waals surface area contributed by atoms with Gasteiger partial charge >= 0.3 is 0 Å². The highest BCUT2D eigenvalue weighted by atomic mass is 79.9. The van der Waals surface area contributed by atoms with E-state index in [0.717, 1.165) is 10.0 Å². The molecule has 0 saturated heterocycles. The summed E-state index contributed by atoms with van der Waals surface area (Å²) < 4.78 is 6.72. The standard InChI is InChI=1S/C14H11BrClNO2/c15-12-3-1-10(2-4-12)9-19-14-6-5-13(16)7-11(14)8-17-18/h1-8,18H,9H2. The third-order valence-electron chi connectivity index (χ3n) is 2.48. The Morgan fingerprint density at radius 2 is 1.95 bits per heavy atom. The summed E-state index contributed by atoms with van der Waals surface area (Å²) in [5.74, 6) is 0.616. The van der Waals surface area contributed by atoms with Crippen molar-refractivity contribution in [2.45, 2.75) is 6.61 Å². The Kier molecular flexibility index (Phi) is 4.82. The van der Waals surface area contributed by atoms with Crippen molar-refractivity contribution >= 4 is 33.7 Å². The van der Waals surface area contributed by atoms with Crippen LogP contribution in [0.4, 0.5) is 0 Å². The molecule has 0 aliphatic carbocycles. The topological polar surface area (TPSA) is 41.8 Å². The molecule has 0 radical (unpaired) electrons. The summed E-state index contributed by atoms with van der Waals surface area (Å²) in [6.07, 6.45) is 1.29. The molecule has 2 aromatic carbocycles. The van der Waals surface area contributed by atoms with Crippen molar-refractivity contribution < 1.29 is 9.94 Å². The van der Waals surface area contributed by atoms with Crippen LogP contribution >= 0.6 is 27.5 Å². The van der Waals surface area contributed by atoms with Crippen LogP contribution in [0.3, 0.4) is 0 Å². The zero-order valence-electron chi connectivity index (χ0n) is 9.88. The first kappa shape index (κ1) is 13.9. The summed E-state index contributed by atoms with van der Waals surface area (Å²) in [4.78, 5) is 0. The lowest BCUT2D eigenvalue weighted by molar-refractivity contribution is 0.304. The van der Waals surface area contributed by atoms with Gasteiger partial charge < -0.3 is 9.94 Å². The quantitative estimate of drug-likeness (QED) is 0.506. The first-order chi connectivity index (χ1) is 9.19. The lowest BCUT2D eigenvalue weighted by atomic mass is 10.2. The molecule has 0 heterocycles. The van der Waals surface area contributed by atoms with Crippen molar-refractivity contribution in [2.24, 2.45) is 5.16 Å². The van der Waals surface area contributed by atoms with Crippen molar-refractivity contribution in [1.82, 2.24) is 0 Å². The normalized spacial score (nSPS) is 10.8. The Balaban J connectivity index is 2.12. The Morgan fingerprint density at radius 1 is 1.21 bits per heavy atom. The van der Waals surface area contributed by atoms with E-state index < -0.39 is 0 Å². The van der Waals surface area contributed by atoms with Gasteiger partial charge in [-0.15, -0.1) is 0 Å². The smallest absolute Gasteiger partial charge is 0.128 e. The van der Waals surface area contributed by atoms with Crippen LogP contribution in [0, 0.1) is 0 Å². The molecule has 0 saturated carbocycles. The summed E-state index contributed by atoms with van der Waals surface area (Å²) >= 11 is 9.26. The van der Waals surface area contributed by atoms with Crippen LogP contribution in [0.5, 0.6) is 5.75 Å². The molecule has 0 unspecified atom stereocenters. The molecule has 1 N–H and O–H groups in total. The van der Waals surface area contributed by atoms with Gasteiger partial charge in [-0.05, 0) is 35.9 Å². The summed E-state index contributed by atoms with van der Waals surface area (Å²) in [7, 11) is 0. The molecule has 0 atom stereocenters. The Bertz CT molecular complexity index is 584. The van der Waals surface area contributed by atoms with Crippen LogP contribution in [-0.2, 0) is 6.61 Å². The Labute approximate surface area is 124 Å². The van der Waals surface area contributed by atoms with Gasteiger partial charge in [0.05, 0.1) is 6.21 Å². The van der Waals surface area contributed by atoms with Gasteiger partial charge in [0.2, 0.25) is 0 Å². The van der Waals surface area contributed by atoms with Crippen LogP contribution in [0.15, 0.2) is 52.1 Å². The second kappa shape index (κ2) is 6.59. The average molecular weight is 341 g/mol. The lowest BCUT2D eigenvalue weighted by Crippen LogP contribution is -1.98. The largest absolute Gasteiger partial charge is 0.488 e. The Morgan fingerprint density at radius 3 is 2.63 bits per heavy atom. The molecule has 0 amide bonds. The second-order valence-corrected chi connectivity index (χ2v) is 5.19. The van der Waals surface area contributed by atoms with Gasteiger partial charge in [-0.2, -0.15) is 0 Å². The summed E-state index contributed by atoms with van der Waals surface area (Å²) in [6, 6.07) is 13.0. The minimum atomic E-state index is 0.432. The molecule has 3 nitrogen and oxygen atoms in total. The average Bonchev–Trinajstić information content (AvgIpc) is 2.40. The van der Waals surface area contributed by atoms with Gasteiger partial charge in [-0.1, -0.05) is 44.8 Å². The number of oxime groups is 1. The molecule has 5 heteroatoms. The molecule has 0 spiro atoms. The molecule has 19 heavy (non-hydrogen) atoms. The van der Waals surface area contributed by atoms with E-state index in [4.69, 9.17) is 21.5 Å². The molecule has 0 aromatic heterocycles. The van der Waals surface area contributed by atoms with E-state index in [1.807, 2.05) is 24.3 Å². The van der Waals surface area contributed by atoms with E-state index in [-0.39, 0.29) is 0 Å². The van der Waals surface area contributed by atoms with E-state index in [2.05, 4.69) is 21.1 Å². The molecular formula is C14H11BrClNO2. The number of nitrogens with zero attached hydrogens (tertiary/aromatic N) is 1. The van der Waals surface area contributed by atoms with Gasteiger partial charge in [0.1, 0.15) is 12.4 Å². The van der Waals surface area contributed by atoms with Crippen molar-refractivity contribution in [3.63, 3.8) is 0 Å². The summed E-state index contributed by atoms with van der Waals surface area (Å²) in [5, 5.41) is 12.2. The third-order valence-corrected chi connectivity index (χ3v) is 3.24. The molecular weight excluding hydrogens is 330 g/mol. The summed E-state index contributed by atoms with van der Waals surface area (Å²) in [5.41, 5.74) is 1.68. The number of halogens is 2. The van der Waals surface area contributed by atoms with Crippen molar-refractivity contribution in [2.75, 3.05) is 0 Å². The van der Waals surface area contributed by atoms with Crippen LogP contribution in [0.2, 0.25) is 5.02 Å². The van der Waals surface area contributed by atoms with Gasteiger partial charge in [-0.3, -0.25) is 0 Å². The molecule has 0 aliphatic heterocycles.